The van der Waals surface area contributed by atoms with Crippen LogP contribution in [-0.2, 0) is 13.6 Å². The minimum Gasteiger partial charge on any atom is -0.481 e. The highest BCUT2D eigenvalue weighted by Crippen LogP contribution is 2.34. The number of aryl methyl sites for hydroxylation is 1. The van der Waals surface area contributed by atoms with Gasteiger partial charge >= 0.3 is 0 Å². The first-order valence-corrected chi connectivity index (χ1v) is 12.9. The Labute approximate surface area is 224 Å². The first-order valence-electron chi connectivity index (χ1n) is 12.1. The second kappa shape index (κ2) is 10.6. The Morgan fingerprint density at radius 2 is 2.18 bits per heavy atom. The smallest absolute Gasteiger partial charge is 0.212 e. The fourth-order valence-electron chi connectivity index (χ4n) is 4.61. The van der Waals surface area contributed by atoms with Gasteiger partial charge in [-0.1, -0.05) is 11.3 Å². The molecule has 5 rings (SSSR count). The van der Waals surface area contributed by atoms with Gasteiger partial charge in [0.15, 0.2) is 5.69 Å². The van der Waals surface area contributed by atoms with Crippen molar-refractivity contribution < 1.29 is 4.74 Å². The summed E-state index contributed by atoms with van der Waals surface area (Å²) in [4.78, 5) is 6.72. The van der Waals surface area contributed by atoms with Gasteiger partial charge in [0.1, 0.15) is 11.6 Å². The molecule has 2 N–H and O–H groups in total. The molecule has 0 spiro atoms. The zero-order chi connectivity index (χ0) is 26.7. The Morgan fingerprint density at radius 1 is 1.32 bits per heavy atom. The molecule has 11 nitrogen and oxygen atoms in total. The molecule has 0 amide bonds. The molecule has 0 aliphatic carbocycles. The number of likely N-dealkylation sites (tertiary alicyclic amines) is 1. The third-order valence-corrected chi connectivity index (χ3v) is 7.63. The molecule has 1 aliphatic rings. The molecule has 4 aromatic heterocycles. The van der Waals surface area contributed by atoms with Gasteiger partial charge < -0.3 is 14.9 Å². The van der Waals surface area contributed by atoms with Crippen LogP contribution < -0.4 is 9.46 Å². The van der Waals surface area contributed by atoms with Crippen molar-refractivity contribution in [3.05, 3.63) is 66.0 Å². The van der Waals surface area contributed by atoms with E-state index in [-0.39, 0.29) is 10.4 Å². The lowest BCUT2D eigenvalue weighted by atomic mass is 10.0. The van der Waals surface area contributed by atoms with Gasteiger partial charge in [-0.15, -0.1) is 5.10 Å². The zero-order valence-corrected chi connectivity index (χ0v) is 22.2. The van der Waals surface area contributed by atoms with Gasteiger partial charge in [-0.3, -0.25) is 9.58 Å². The second-order valence-electron chi connectivity index (χ2n) is 9.47. The first kappa shape index (κ1) is 25.4. The van der Waals surface area contributed by atoms with Gasteiger partial charge in [0.25, 0.3) is 0 Å². The van der Waals surface area contributed by atoms with Gasteiger partial charge in [0.2, 0.25) is 5.88 Å². The summed E-state index contributed by atoms with van der Waals surface area (Å²) in [5.74, 6) is 0.616. The SMILES string of the molecule is COc1ccc(CN2CCC(C)(SN/C=C(\C=N)c3cc(-c4cnn(C)c4)cn4nnc(C#N)c34)C2)cn1. The molecule has 5 heterocycles. The van der Waals surface area contributed by atoms with E-state index in [1.807, 2.05) is 50.0 Å². The molecule has 0 bridgehead atoms. The Hall–Kier alpha value is -4.21. The van der Waals surface area contributed by atoms with Crippen LogP contribution in [0.3, 0.4) is 0 Å². The van der Waals surface area contributed by atoms with Gasteiger partial charge in [0, 0.05) is 84.2 Å². The Morgan fingerprint density at radius 3 is 2.87 bits per heavy atom. The highest BCUT2D eigenvalue weighted by atomic mass is 32.2. The van der Waals surface area contributed by atoms with E-state index < -0.39 is 0 Å². The van der Waals surface area contributed by atoms with Gasteiger partial charge in [0.05, 0.1) is 13.3 Å². The molecule has 194 valence electrons. The van der Waals surface area contributed by atoms with E-state index in [2.05, 4.69) is 43.0 Å². The summed E-state index contributed by atoms with van der Waals surface area (Å²) in [5, 5.41) is 30.2. The van der Waals surface area contributed by atoms with Crippen LogP contribution in [-0.4, -0.2) is 65.7 Å². The van der Waals surface area contributed by atoms with Crippen LogP contribution in [0.25, 0.3) is 22.2 Å². The summed E-state index contributed by atoms with van der Waals surface area (Å²) < 4.78 is 11.8. The molecule has 1 fully saturated rings. The number of hydrogen-bond acceptors (Lipinski definition) is 10. The first-order chi connectivity index (χ1) is 18.4. The van der Waals surface area contributed by atoms with Crippen molar-refractivity contribution in [3.8, 4) is 23.1 Å². The van der Waals surface area contributed by atoms with Crippen molar-refractivity contribution in [1.82, 2.24) is 39.2 Å². The lowest BCUT2D eigenvalue weighted by molar-refractivity contribution is 0.323. The Kier molecular flexibility index (Phi) is 7.13. The van der Waals surface area contributed by atoms with E-state index in [0.717, 1.165) is 42.7 Å². The van der Waals surface area contributed by atoms with E-state index in [4.69, 9.17) is 10.1 Å². The van der Waals surface area contributed by atoms with Crippen LogP contribution in [0.4, 0.5) is 0 Å². The van der Waals surface area contributed by atoms with Crippen molar-refractivity contribution in [2.75, 3.05) is 20.2 Å². The van der Waals surface area contributed by atoms with E-state index in [1.54, 1.807) is 34.5 Å². The van der Waals surface area contributed by atoms with E-state index in [1.165, 1.54) is 6.21 Å². The van der Waals surface area contributed by atoms with Crippen LogP contribution in [0.2, 0.25) is 0 Å². The van der Waals surface area contributed by atoms with Crippen molar-refractivity contribution in [2.24, 2.45) is 7.05 Å². The minimum absolute atomic E-state index is 0.00754. The third-order valence-electron chi connectivity index (χ3n) is 6.57. The zero-order valence-electron chi connectivity index (χ0n) is 21.4. The van der Waals surface area contributed by atoms with Crippen molar-refractivity contribution >= 4 is 29.3 Å². The third kappa shape index (κ3) is 5.25. The minimum atomic E-state index is -0.00754. The number of methoxy groups -OCH3 is 1. The maximum atomic E-state index is 9.61. The quantitative estimate of drug-likeness (QED) is 0.248. The number of pyridine rings is 2. The molecule has 38 heavy (non-hydrogen) atoms. The number of allylic oxidation sites excluding steroid dienone is 1. The number of rotatable bonds is 9. The van der Waals surface area contributed by atoms with E-state index in [9.17, 15) is 5.26 Å². The number of ether oxygens (including phenoxy) is 1. The molecule has 1 unspecified atom stereocenters. The van der Waals surface area contributed by atoms with Crippen molar-refractivity contribution in [1.29, 1.82) is 10.7 Å². The van der Waals surface area contributed by atoms with Gasteiger partial charge in [-0.25, -0.2) is 9.50 Å². The monoisotopic (exact) mass is 528 g/mol. The normalized spacial score (nSPS) is 18.0. The summed E-state index contributed by atoms with van der Waals surface area (Å²) in [6, 6.07) is 8.00. The number of aromatic nitrogens is 6. The molecule has 0 radical (unpaired) electrons. The number of hydrogen-bond donors (Lipinski definition) is 2. The topological polar surface area (TPSA) is 133 Å². The van der Waals surface area contributed by atoms with E-state index >= 15 is 0 Å². The Bertz CT molecular complexity index is 1530. The molecule has 0 aromatic carbocycles. The molecule has 4 aromatic rings. The molecule has 12 heteroatoms. The van der Waals surface area contributed by atoms with Crippen molar-refractivity contribution in [3.63, 3.8) is 0 Å². The maximum Gasteiger partial charge on any atom is 0.212 e. The molecular formula is C26H28N10OS. The average Bonchev–Trinajstić information content (AvgIpc) is 3.65. The molecule has 1 saturated heterocycles. The number of nitrogens with one attached hydrogen (secondary N) is 2. The summed E-state index contributed by atoms with van der Waals surface area (Å²) >= 11 is 1.64. The van der Waals surface area contributed by atoms with Crippen LogP contribution in [0.5, 0.6) is 5.88 Å². The summed E-state index contributed by atoms with van der Waals surface area (Å²) in [6.45, 7) is 4.97. The molecule has 0 saturated carbocycles. The molecule has 1 atom stereocenters. The van der Waals surface area contributed by atoms with Crippen molar-refractivity contribution in [2.45, 2.75) is 24.6 Å². The van der Waals surface area contributed by atoms with Crippen LogP contribution in [0.15, 0.2) is 49.2 Å². The maximum absolute atomic E-state index is 9.61. The largest absolute Gasteiger partial charge is 0.481 e. The Balaban J connectivity index is 1.33. The summed E-state index contributed by atoms with van der Waals surface area (Å²) in [6.07, 6.45) is 11.5. The molecule has 1 aliphatic heterocycles. The number of fused-ring (bicyclic) bond motifs is 1. The lowest BCUT2D eigenvalue weighted by Crippen LogP contribution is -2.29. The highest BCUT2D eigenvalue weighted by molar-refractivity contribution is 7.98. The summed E-state index contributed by atoms with van der Waals surface area (Å²) in [7, 11) is 3.47. The van der Waals surface area contributed by atoms with E-state index in [0.29, 0.717) is 22.5 Å². The van der Waals surface area contributed by atoms with Crippen LogP contribution >= 0.6 is 11.9 Å². The fourth-order valence-corrected chi connectivity index (χ4v) is 5.52. The highest BCUT2D eigenvalue weighted by Gasteiger charge is 2.34. The number of nitriles is 1. The van der Waals surface area contributed by atoms with Gasteiger partial charge in [-0.05, 0) is 43.5 Å². The summed E-state index contributed by atoms with van der Waals surface area (Å²) in [5.41, 5.74) is 5.01. The standard InChI is InChI=1S/C26H28N10OS/c1-26(6-7-35(17-26)14-18-4-5-24(37-3)29-11-18)38-31-13-20(9-27)22-8-19(21-12-30-34(2)15-21)16-36-25(22)23(10-28)32-33-36/h4-5,8-9,11-13,15-16,27,31H,6-7,14,17H2,1-3H3/b20-13+,27-9?. The molecular weight excluding hydrogens is 500 g/mol. The van der Waals surface area contributed by atoms with Crippen LogP contribution in [0, 0.1) is 16.7 Å². The predicted octanol–water partition coefficient (Wildman–Crippen LogP) is 3.30. The second-order valence-corrected chi connectivity index (χ2v) is 10.9. The van der Waals surface area contributed by atoms with Crippen LogP contribution in [0.1, 0.15) is 30.2 Å². The van der Waals surface area contributed by atoms with Gasteiger partial charge in [-0.2, -0.15) is 10.4 Å². The average molecular weight is 529 g/mol. The lowest BCUT2D eigenvalue weighted by Gasteiger charge is -2.24. The number of nitrogens with zero attached hydrogens (tertiary/aromatic N) is 8. The predicted molar refractivity (Wildman–Crippen MR) is 146 cm³/mol. The fraction of sp³-hybridized carbons (Fsp3) is 0.308.